The van der Waals surface area contributed by atoms with Gasteiger partial charge in [0.1, 0.15) is 11.6 Å². The molecule has 1 saturated heterocycles. The van der Waals surface area contributed by atoms with Gasteiger partial charge in [-0.3, -0.25) is 0 Å². The third kappa shape index (κ3) is 3.36. The topological polar surface area (TPSA) is 41.6 Å². The molecule has 104 valence electrons. The van der Waals surface area contributed by atoms with Crippen LogP contribution in [0.4, 0.5) is 14.9 Å². The number of amides is 2. The molecule has 0 radical (unpaired) electrons. The van der Waals surface area contributed by atoms with Crippen LogP contribution in [0.1, 0.15) is 19.8 Å². The minimum atomic E-state index is -0.387. The summed E-state index contributed by atoms with van der Waals surface area (Å²) in [5, 5.41) is 2.77. The number of ether oxygens (including phenoxy) is 1. The van der Waals surface area contributed by atoms with Crippen LogP contribution >= 0.6 is 0 Å². The summed E-state index contributed by atoms with van der Waals surface area (Å²) in [7, 11) is 1.45. The molecule has 1 aliphatic rings. The molecular weight excluding hydrogens is 247 g/mol. The second-order valence-electron chi connectivity index (χ2n) is 4.94. The van der Waals surface area contributed by atoms with E-state index in [1.165, 1.54) is 25.3 Å². The minimum Gasteiger partial charge on any atom is -0.494 e. The van der Waals surface area contributed by atoms with E-state index in [-0.39, 0.29) is 11.8 Å². The Kier molecular flexibility index (Phi) is 4.24. The number of rotatable bonds is 2. The van der Waals surface area contributed by atoms with E-state index >= 15 is 0 Å². The lowest BCUT2D eigenvalue weighted by Crippen LogP contribution is -2.40. The molecule has 1 fully saturated rings. The van der Waals surface area contributed by atoms with Crippen LogP contribution < -0.4 is 10.1 Å². The molecule has 1 aromatic carbocycles. The fraction of sp³-hybridized carbons (Fsp3) is 0.500. The summed E-state index contributed by atoms with van der Waals surface area (Å²) in [6.45, 7) is 3.71. The monoisotopic (exact) mass is 266 g/mol. The van der Waals surface area contributed by atoms with Crippen LogP contribution in [0, 0.1) is 11.7 Å². The maximum atomic E-state index is 13.1. The first-order valence-electron chi connectivity index (χ1n) is 6.49. The number of hydrogen-bond donors (Lipinski definition) is 1. The zero-order valence-corrected chi connectivity index (χ0v) is 11.3. The molecule has 2 rings (SSSR count). The number of carbonyl (C=O) groups is 1. The SMILES string of the molecule is COc1cc(F)ccc1NC(=O)N1CCC(C)CC1. The second kappa shape index (κ2) is 5.91. The predicted octanol–water partition coefficient (Wildman–Crippen LogP) is 3.10. The molecule has 0 atom stereocenters. The van der Waals surface area contributed by atoms with E-state index in [1.807, 2.05) is 0 Å². The lowest BCUT2D eigenvalue weighted by molar-refractivity contribution is 0.186. The Morgan fingerprint density at radius 2 is 2.11 bits per heavy atom. The molecule has 1 heterocycles. The number of halogens is 1. The van der Waals surface area contributed by atoms with E-state index in [1.54, 1.807) is 4.90 Å². The van der Waals surface area contributed by atoms with Crippen molar-refractivity contribution in [2.45, 2.75) is 19.8 Å². The van der Waals surface area contributed by atoms with Crippen LogP contribution in [0.5, 0.6) is 5.75 Å². The fourth-order valence-electron chi connectivity index (χ4n) is 2.17. The molecular formula is C14H19FN2O2. The minimum absolute atomic E-state index is 0.156. The van der Waals surface area contributed by atoms with Crippen molar-refractivity contribution in [2.75, 3.05) is 25.5 Å². The Balaban J connectivity index is 2.02. The molecule has 1 aliphatic heterocycles. The largest absolute Gasteiger partial charge is 0.494 e. The molecule has 5 heteroatoms. The van der Waals surface area contributed by atoms with Crippen molar-refractivity contribution in [1.82, 2.24) is 4.90 Å². The van der Waals surface area contributed by atoms with E-state index < -0.39 is 0 Å². The number of urea groups is 1. The average molecular weight is 266 g/mol. The highest BCUT2D eigenvalue weighted by molar-refractivity contribution is 5.91. The molecule has 0 aliphatic carbocycles. The van der Waals surface area contributed by atoms with Crippen LogP contribution in [0.15, 0.2) is 18.2 Å². The first-order valence-corrected chi connectivity index (χ1v) is 6.49. The van der Waals surface area contributed by atoms with Gasteiger partial charge in [-0.2, -0.15) is 0 Å². The Morgan fingerprint density at radius 3 is 2.74 bits per heavy atom. The Bertz CT molecular complexity index is 457. The maximum Gasteiger partial charge on any atom is 0.321 e. The van der Waals surface area contributed by atoms with Gasteiger partial charge in [-0.05, 0) is 30.9 Å². The Morgan fingerprint density at radius 1 is 1.42 bits per heavy atom. The number of methoxy groups -OCH3 is 1. The van der Waals surface area contributed by atoms with Crippen molar-refractivity contribution in [3.05, 3.63) is 24.0 Å². The third-order valence-electron chi connectivity index (χ3n) is 3.48. The quantitative estimate of drug-likeness (QED) is 0.893. The zero-order valence-electron chi connectivity index (χ0n) is 11.3. The normalized spacial score (nSPS) is 16.3. The molecule has 1 aromatic rings. The number of nitrogens with one attached hydrogen (secondary N) is 1. The number of carbonyl (C=O) groups excluding carboxylic acids is 1. The van der Waals surface area contributed by atoms with Crippen LogP contribution in [0.2, 0.25) is 0 Å². The van der Waals surface area contributed by atoms with E-state index in [4.69, 9.17) is 4.74 Å². The smallest absolute Gasteiger partial charge is 0.321 e. The highest BCUT2D eigenvalue weighted by atomic mass is 19.1. The number of hydrogen-bond acceptors (Lipinski definition) is 2. The molecule has 0 aromatic heterocycles. The molecule has 0 spiro atoms. The molecule has 0 bridgehead atoms. The lowest BCUT2D eigenvalue weighted by atomic mass is 10.00. The lowest BCUT2D eigenvalue weighted by Gasteiger charge is -2.30. The van der Waals surface area contributed by atoms with Gasteiger partial charge in [0.2, 0.25) is 0 Å². The predicted molar refractivity (Wildman–Crippen MR) is 71.9 cm³/mol. The highest BCUT2D eigenvalue weighted by Crippen LogP contribution is 2.26. The van der Waals surface area contributed by atoms with E-state index in [0.717, 1.165) is 25.9 Å². The van der Waals surface area contributed by atoms with Crippen molar-refractivity contribution in [3.63, 3.8) is 0 Å². The summed E-state index contributed by atoms with van der Waals surface area (Å²) in [5.74, 6) is 0.616. The summed E-state index contributed by atoms with van der Waals surface area (Å²) < 4.78 is 18.1. The van der Waals surface area contributed by atoms with E-state index in [2.05, 4.69) is 12.2 Å². The van der Waals surface area contributed by atoms with Gasteiger partial charge < -0.3 is 15.0 Å². The van der Waals surface area contributed by atoms with Crippen LogP contribution in [-0.2, 0) is 0 Å². The van der Waals surface area contributed by atoms with Crippen LogP contribution in [0.25, 0.3) is 0 Å². The Labute approximate surface area is 112 Å². The first-order chi connectivity index (χ1) is 9.10. The summed E-state index contributed by atoms with van der Waals surface area (Å²) in [6, 6.07) is 3.92. The van der Waals surface area contributed by atoms with E-state index in [0.29, 0.717) is 17.4 Å². The van der Waals surface area contributed by atoms with Crippen molar-refractivity contribution in [2.24, 2.45) is 5.92 Å². The van der Waals surface area contributed by atoms with Crippen molar-refractivity contribution in [1.29, 1.82) is 0 Å². The van der Waals surface area contributed by atoms with E-state index in [9.17, 15) is 9.18 Å². The number of anilines is 1. The standard InChI is InChI=1S/C14H19FN2O2/c1-10-5-7-17(8-6-10)14(18)16-12-4-3-11(15)9-13(12)19-2/h3-4,9-10H,5-8H2,1-2H3,(H,16,18). The summed E-state index contributed by atoms with van der Waals surface area (Å²) in [6.07, 6.45) is 2.04. The number of benzene rings is 1. The van der Waals surface area contributed by atoms with Gasteiger partial charge in [0, 0.05) is 19.2 Å². The molecule has 4 nitrogen and oxygen atoms in total. The van der Waals surface area contributed by atoms with Gasteiger partial charge >= 0.3 is 6.03 Å². The summed E-state index contributed by atoms with van der Waals surface area (Å²) >= 11 is 0. The fourth-order valence-corrected chi connectivity index (χ4v) is 2.17. The van der Waals surface area contributed by atoms with Gasteiger partial charge in [0.05, 0.1) is 12.8 Å². The van der Waals surface area contributed by atoms with Crippen molar-refractivity contribution < 1.29 is 13.9 Å². The zero-order chi connectivity index (χ0) is 13.8. The third-order valence-corrected chi connectivity index (χ3v) is 3.48. The van der Waals surface area contributed by atoms with Gasteiger partial charge in [0.25, 0.3) is 0 Å². The maximum absolute atomic E-state index is 13.1. The first kappa shape index (κ1) is 13.6. The van der Waals surface area contributed by atoms with Gasteiger partial charge in [-0.25, -0.2) is 9.18 Å². The Hall–Kier alpha value is -1.78. The van der Waals surface area contributed by atoms with Crippen LogP contribution in [-0.4, -0.2) is 31.1 Å². The molecule has 19 heavy (non-hydrogen) atoms. The van der Waals surface area contributed by atoms with Crippen molar-refractivity contribution >= 4 is 11.7 Å². The molecule has 0 unspecified atom stereocenters. The average Bonchev–Trinajstić information content (AvgIpc) is 2.41. The molecule has 0 saturated carbocycles. The van der Waals surface area contributed by atoms with Gasteiger partial charge in [-0.1, -0.05) is 6.92 Å². The molecule has 1 N–H and O–H groups in total. The second-order valence-corrected chi connectivity index (χ2v) is 4.94. The number of piperidine rings is 1. The van der Waals surface area contributed by atoms with Gasteiger partial charge in [-0.15, -0.1) is 0 Å². The number of likely N-dealkylation sites (tertiary alicyclic amines) is 1. The number of nitrogens with zero attached hydrogens (tertiary/aromatic N) is 1. The highest BCUT2D eigenvalue weighted by Gasteiger charge is 2.21. The molecule has 2 amide bonds. The van der Waals surface area contributed by atoms with Crippen LogP contribution in [0.3, 0.4) is 0 Å². The summed E-state index contributed by atoms with van der Waals surface area (Å²) in [5.41, 5.74) is 0.493. The van der Waals surface area contributed by atoms with Gasteiger partial charge in [0.15, 0.2) is 0 Å². The van der Waals surface area contributed by atoms with Crippen molar-refractivity contribution in [3.8, 4) is 5.75 Å². The summed E-state index contributed by atoms with van der Waals surface area (Å²) in [4.78, 5) is 13.9.